The minimum absolute atomic E-state index is 0. The third kappa shape index (κ3) is 7.08. The minimum atomic E-state index is -3.50. The van der Waals surface area contributed by atoms with Gasteiger partial charge >= 0.3 is 0 Å². The van der Waals surface area contributed by atoms with Crippen LogP contribution in [-0.2, 0) is 21.3 Å². The molecule has 0 heterocycles. The van der Waals surface area contributed by atoms with Crippen molar-refractivity contribution in [2.24, 2.45) is 10.4 Å². The van der Waals surface area contributed by atoms with E-state index in [1.165, 1.54) is 23.6 Å². The monoisotopic (exact) mass is 538 g/mol. The van der Waals surface area contributed by atoms with Crippen LogP contribution in [0.25, 0.3) is 0 Å². The molecule has 29 heavy (non-hydrogen) atoms. The van der Waals surface area contributed by atoms with Crippen molar-refractivity contribution >= 4 is 40.0 Å². The largest absolute Gasteiger partial charge is 0.385 e. The summed E-state index contributed by atoms with van der Waals surface area (Å²) in [6, 6.07) is 7.03. The number of methoxy groups -OCH3 is 1. The van der Waals surface area contributed by atoms with E-state index < -0.39 is 10.0 Å². The maximum Gasteiger partial charge on any atom is 0.242 e. The molecule has 1 fully saturated rings. The normalized spacial score (nSPS) is 16.1. The predicted molar refractivity (Wildman–Crippen MR) is 128 cm³/mol. The summed E-state index contributed by atoms with van der Waals surface area (Å²) >= 11 is 0. The van der Waals surface area contributed by atoms with Crippen LogP contribution in [0, 0.1) is 5.41 Å². The van der Waals surface area contributed by atoms with E-state index in [4.69, 9.17) is 4.74 Å². The molecule has 0 amide bonds. The number of guanidine groups is 1. The number of ether oxygens (including phenoxy) is 1. The van der Waals surface area contributed by atoms with Crippen LogP contribution in [0.5, 0.6) is 0 Å². The van der Waals surface area contributed by atoms with Gasteiger partial charge in [0.25, 0.3) is 0 Å². The molecule has 0 aromatic heterocycles. The van der Waals surface area contributed by atoms with Gasteiger partial charge in [-0.1, -0.05) is 24.6 Å². The number of benzene rings is 1. The standard InChI is InChI=1S/C20H34N4O3S.HI/c1-5-21-19(23-16-20(11-8-12-20)13-14-27-4)22-15-17-9-6-7-10-18(17)28(25,26)24(2)3;/h6-7,9-10H,5,8,11-16H2,1-4H3,(H2,21,22,23);1H. The lowest BCUT2D eigenvalue weighted by Gasteiger charge is -2.42. The van der Waals surface area contributed by atoms with Crippen molar-refractivity contribution < 1.29 is 13.2 Å². The molecule has 0 atom stereocenters. The first-order valence-corrected chi connectivity index (χ1v) is 11.3. The van der Waals surface area contributed by atoms with E-state index >= 15 is 0 Å². The summed E-state index contributed by atoms with van der Waals surface area (Å²) in [6.07, 6.45) is 4.70. The fraction of sp³-hybridized carbons (Fsp3) is 0.650. The van der Waals surface area contributed by atoms with Crippen molar-refractivity contribution in [1.29, 1.82) is 0 Å². The van der Waals surface area contributed by atoms with Crippen LogP contribution in [0.2, 0.25) is 0 Å². The number of nitrogens with zero attached hydrogens (tertiary/aromatic N) is 2. The van der Waals surface area contributed by atoms with Gasteiger partial charge in [0.2, 0.25) is 10.0 Å². The van der Waals surface area contributed by atoms with E-state index in [1.807, 2.05) is 19.1 Å². The lowest BCUT2D eigenvalue weighted by atomic mass is 9.67. The summed E-state index contributed by atoms with van der Waals surface area (Å²) in [5, 5.41) is 6.71. The van der Waals surface area contributed by atoms with Gasteiger partial charge in [0.15, 0.2) is 5.96 Å². The molecule has 1 aliphatic rings. The zero-order valence-corrected chi connectivity index (χ0v) is 21.0. The second-order valence-corrected chi connectivity index (χ2v) is 9.66. The molecule has 1 saturated carbocycles. The summed E-state index contributed by atoms with van der Waals surface area (Å²) in [4.78, 5) is 4.94. The Hall–Kier alpha value is -0.910. The van der Waals surface area contributed by atoms with Crippen molar-refractivity contribution in [3.05, 3.63) is 29.8 Å². The fourth-order valence-corrected chi connectivity index (χ4v) is 4.48. The molecule has 2 rings (SSSR count). The molecule has 0 spiro atoms. The molecule has 1 aliphatic carbocycles. The summed E-state index contributed by atoms with van der Waals surface area (Å²) in [6.45, 7) is 4.68. The van der Waals surface area contributed by atoms with Crippen LogP contribution in [0.3, 0.4) is 0 Å². The first-order valence-electron chi connectivity index (χ1n) is 9.86. The Morgan fingerprint density at radius 1 is 1.24 bits per heavy atom. The van der Waals surface area contributed by atoms with Crippen molar-refractivity contribution in [3.8, 4) is 0 Å². The highest BCUT2D eigenvalue weighted by Gasteiger charge is 2.36. The minimum Gasteiger partial charge on any atom is -0.385 e. The van der Waals surface area contributed by atoms with Crippen LogP contribution in [0.15, 0.2) is 34.2 Å². The van der Waals surface area contributed by atoms with E-state index in [0.717, 1.165) is 26.1 Å². The molecule has 2 N–H and O–H groups in total. The van der Waals surface area contributed by atoms with Gasteiger partial charge in [-0.05, 0) is 43.2 Å². The van der Waals surface area contributed by atoms with E-state index in [2.05, 4.69) is 15.6 Å². The molecular formula is C20H35IN4O3S. The zero-order valence-electron chi connectivity index (χ0n) is 17.9. The average Bonchev–Trinajstić information content (AvgIpc) is 2.64. The highest BCUT2D eigenvalue weighted by molar-refractivity contribution is 14.0. The van der Waals surface area contributed by atoms with Gasteiger partial charge in [0, 0.05) is 40.9 Å². The fourth-order valence-electron chi connectivity index (χ4n) is 3.37. The highest BCUT2D eigenvalue weighted by Crippen LogP contribution is 2.43. The SMILES string of the molecule is CCNC(=NCc1ccccc1S(=O)(=O)N(C)C)NCC1(CCOC)CCC1.I. The molecular weight excluding hydrogens is 503 g/mol. The Balaban J connectivity index is 0.00000420. The number of nitrogens with one attached hydrogen (secondary N) is 2. The summed E-state index contributed by atoms with van der Waals surface area (Å²) in [7, 11) is 1.32. The molecule has 0 saturated heterocycles. The molecule has 0 radical (unpaired) electrons. The quantitative estimate of drug-likeness (QED) is 0.272. The number of hydrogen-bond donors (Lipinski definition) is 2. The third-order valence-corrected chi connectivity index (χ3v) is 7.28. The molecule has 166 valence electrons. The zero-order chi connectivity index (χ0) is 20.6. The van der Waals surface area contributed by atoms with Gasteiger partial charge in [0.05, 0.1) is 11.4 Å². The van der Waals surface area contributed by atoms with Gasteiger partial charge in [0.1, 0.15) is 0 Å². The van der Waals surface area contributed by atoms with Gasteiger partial charge in [-0.2, -0.15) is 0 Å². The molecule has 1 aromatic rings. The Morgan fingerprint density at radius 2 is 1.93 bits per heavy atom. The third-order valence-electron chi connectivity index (χ3n) is 5.36. The predicted octanol–water partition coefficient (Wildman–Crippen LogP) is 2.82. The summed E-state index contributed by atoms with van der Waals surface area (Å²) < 4.78 is 31.6. The summed E-state index contributed by atoms with van der Waals surface area (Å²) in [5.74, 6) is 0.711. The summed E-state index contributed by atoms with van der Waals surface area (Å²) in [5.41, 5.74) is 0.962. The Labute approximate surface area is 192 Å². The molecule has 9 heteroatoms. The van der Waals surface area contributed by atoms with Crippen LogP contribution in [0.4, 0.5) is 0 Å². The number of sulfonamides is 1. The average molecular weight is 538 g/mol. The molecule has 1 aromatic carbocycles. The molecule has 0 aliphatic heterocycles. The van der Waals surface area contributed by atoms with Crippen LogP contribution < -0.4 is 10.6 Å². The number of halogens is 1. The van der Waals surface area contributed by atoms with Gasteiger partial charge in [-0.25, -0.2) is 17.7 Å². The van der Waals surface area contributed by atoms with E-state index in [0.29, 0.717) is 23.0 Å². The van der Waals surface area contributed by atoms with Gasteiger partial charge < -0.3 is 15.4 Å². The lowest BCUT2D eigenvalue weighted by molar-refractivity contribution is 0.0732. The van der Waals surface area contributed by atoms with Crippen LogP contribution in [0.1, 0.15) is 38.2 Å². The van der Waals surface area contributed by atoms with Crippen LogP contribution in [-0.4, -0.2) is 59.6 Å². The van der Waals surface area contributed by atoms with Gasteiger partial charge in [-0.15, -0.1) is 24.0 Å². The highest BCUT2D eigenvalue weighted by atomic mass is 127. The van der Waals surface area contributed by atoms with E-state index in [9.17, 15) is 8.42 Å². The first-order chi connectivity index (χ1) is 13.3. The van der Waals surface area contributed by atoms with Crippen molar-refractivity contribution in [3.63, 3.8) is 0 Å². The first kappa shape index (κ1) is 26.1. The molecule has 0 unspecified atom stereocenters. The smallest absolute Gasteiger partial charge is 0.242 e. The van der Waals surface area contributed by atoms with E-state index in [1.54, 1.807) is 33.3 Å². The number of rotatable bonds is 10. The Bertz CT molecular complexity index is 765. The lowest BCUT2D eigenvalue weighted by Crippen LogP contribution is -2.47. The van der Waals surface area contributed by atoms with Crippen molar-refractivity contribution in [2.75, 3.05) is 40.9 Å². The molecule has 0 bridgehead atoms. The van der Waals surface area contributed by atoms with Crippen molar-refractivity contribution in [2.45, 2.75) is 44.0 Å². The Kier molecular flexibility index (Phi) is 10.9. The number of aliphatic imine (C=N–C) groups is 1. The number of hydrogen-bond acceptors (Lipinski definition) is 4. The van der Waals surface area contributed by atoms with Crippen molar-refractivity contribution in [1.82, 2.24) is 14.9 Å². The molecule has 7 nitrogen and oxygen atoms in total. The maximum atomic E-state index is 12.6. The maximum absolute atomic E-state index is 12.6. The van der Waals surface area contributed by atoms with E-state index in [-0.39, 0.29) is 29.4 Å². The second-order valence-electron chi connectivity index (χ2n) is 7.54. The van der Waals surface area contributed by atoms with Crippen LogP contribution >= 0.6 is 24.0 Å². The van der Waals surface area contributed by atoms with Gasteiger partial charge in [-0.3, -0.25) is 0 Å². The second kappa shape index (κ2) is 12.1. The topological polar surface area (TPSA) is 83.0 Å². The Morgan fingerprint density at radius 3 is 2.48 bits per heavy atom.